The Balaban J connectivity index is 1.93. The molecular weight excluding hydrogens is 332 g/mol. The van der Waals surface area contributed by atoms with Crippen LogP contribution in [-0.2, 0) is 6.42 Å². The Hall–Kier alpha value is -1.23. The summed E-state index contributed by atoms with van der Waals surface area (Å²) in [4.78, 5) is 5.61. The molecule has 0 saturated carbocycles. The van der Waals surface area contributed by atoms with Gasteiger partial charge in [-0.15, -0.1) is 11.3 Å². The third kappa shape index (κ3) is 2.64. The number of aryl methyl sites for hydroxylation is 1. The molecule has 20 heavy (non-hydrogen) atoms. The Morgan fingerprint density at radius 1 is 1.30 bits per heavy atom. The summed E-state index contributed by atoms with van der Waals surface area (Å²) in [6, 6.07) is 12.5. The van der Waals surface area contributed by atoms with Crippen LogP contribution < -0.4 is 5.73 Å². The molecule has 2 N–H and O–H groups in total. The first-order valence-electron chi connectivity index (χ1n) is 6.49. The summed E-state index contributed by atoms with van der Waals surface area (Å²) in [6.07, 6.45) is 2.69. The van der Waals surface area contributed by atoms with E-state index in [1.807, 2.05) is 24.4 Å². The molecule has 2 aromatic heterocycles. The first-order chi connectivity index (χ1) is 9.65. The van der Waals surface area contributed by atoms with Gasteiger partial charge in [0.25, 0.3) is 0 Å². The van der Waals surface area contributed by atoms with Gasteiger partial charge < -0.3 is 5.73 Å². The third-order valence-electron chi connectivity index (χ3n) is 3.42. The topological polar surface area (TPSA) is 38.9 Å². The quantitative estimate of drug-likeness (QED) is 0.751. The number of nitrogens with zero attached hydrogens (tertiary/aromatic N) is 1. The van der Waals surface area contributed by atoms with Crippen LogP contribution in [0.4, 0.5) is 0 Å². The molecule has 0 radical (unpaired) electrons. The molecule has 0 spiro atoms. The number of hydrogen-bond donors (Lipinski definition) is 1. The van der Waals surface area contributed by atoms with Gasteiger partial charge in [0.15, 0.2) is 0 Å². The number of benzene rings is 1. The maximum atomic E-state index is 6.37. The highest BCUT2D eigenvalue weighted by Gasteiger charge is 2.13. The van der Waals surface area contributed by atoms with Gasteiger partial charge in [-0.2, -0.15) is 0 Å². The molecule has 1 aromatic carbocycles. The zero-order valence-corrected chi connectivity index (χ0v) is 13.5. The fourth-order valence-electron chi connectivity index (χ4n) is 2.34. The maximum absolute atomic E-state index is 6.37. The highest BCUT2D eigenvalue weighted by atomic mass is 79.9. The smallest absolute Gasteiger partial charge is 0.0731 e. The van der Waals surface area contributed by atoms with Crippen molar-refractivity contribution in [1.29, 1.82) is 0 Å². The zero-order chi connectivity index (χ0) is 14.1. The summed E-state index contributed by atoms with van der Waals surface area (Å²) in [5.74, 6) is 0. The number of fused-ring (bicyclic) bond motifs is 1. The van der Waals surface area contributed by atoms with Crippen LogP contribution in [0.1, 0.15) is 22.0 Å². The average Bonchev–Trinajstić information content (AvgIpc) is 2.79. The third-order valence-corrected chi connectivity index (χ3v) is 5.69. The van der Waals surface area contributed by atoms with Crippen molar-refractivity contribution in [3.63, 3.8) is 0 Å². The van der Waals surface area contributed by atoms with Gasteiger partial charge in [-0.25, -0.2) is 0 Å². The maximum Gasteiger partial charge on any atom is 0.0731 e. The highest BCUT2D eigenvalue weighted by molar-refractivity contribution is 9.11. The number of nitrogens with two attached hydrogens (primary N) is 1. The molecule has 0 amide bonds. The highest BCUT2D eigenvalue weighted by Crippen LogP contribution is 2.32. The summed E-state index contributed by atoms with van der Waals surface area (Å²) in [7, 11) is 0. The van der Waals surface area contributed by atoms with Gasteiger partial charge in [0.1, 0.15) is 0 Å². The minimum Gasteiger partial charge on any atom is -0.323 e. The number of thiophene rings is 1. The van der Waals surface area contributed by atoms with E-state index in [-0.39, 0.29) is 6.04 Å². The minimum atomic E-state index is 0.0239. The van der Waals surface area contributed by atoms with E-state index in [4.69, 9.17) is 5.73 Å². The molecule has 2 heterocycles. The Bertz CT molecular complexity index is 726. The van der Waals surface area contributed by atoms with E-state index in [9.17, 15) is 0 Å². The van der Waals surface area contributed by atoms with Crippen LogP contribution in [0, 0.1) is 6.92 Å². The van der Waals surface area contributed by atoms with Crippen LogP contribution in [0.25, 0.3) is 10.9 Å². The SMILES string of the molecule is Cc1cc(C(N)Cc2ccnc3ccccc23)sc1Br. The van der Waals surface area contributed by atoms with Crippen molar-refractivity contribution in [3.05, 3.63) is 62.4 Å². The number of rotatable bonds is 3. The predicted molar refractivity (Wildman–Crippen MR) is 89.1 cm³/mol. The molecule has 0 fully saturated rings. The first kappa shape index (κ1) is 13.7. The summed E-state index contributed by atoms with van der Waals surface area (Å²) in [5, 5.41) is 1.19. The van der Waals surface area contributed by atoms with Crippen LogP contribution in [-0.4, -0.2) is 4.98 Å². The summed E-state index contributed by atoms with van der Waals surface area (Å²) in [6.45, 7) is 2.10. The Labute approximate surface area is 130 Å². The lowest BCUT2D eigenvalue weighted by Gasteiger charge is -2.11. The molecule has 0 aliphatic rings. The van der Waals surface area contributed by atoms with Crippen LogP contribution in [0.5, 0.6) is 0 Å². The van der Waals surface area contributed by atoms with Gasteiger partial charge >= 0.3 is 0 Å². The van der Waals surface area contributed by atoms with Gasteiger partial charge in [0, 0.05) is 22.5 Å². The molecule has 102 valence electrons. The van der Waals surface area contributed by atoms with Gasteiger partial charge in [-0.3, -0.25) is 4.98 Å². The van der Waals surface area contributed by atoms with E-state index in [1.54, 1.807) is 11.3 Å². The number of aromatic nitrogens is 1. The molecule has 0 aliphatic carbocycles. The van der Waals surface area contributed by atoms with Crippen molar-refractivity contribution < 1.29 is 0 Å². The van der Waals surface area contributed by atoms with Gasteiger partial charge in [0.2, 0.25) is 0 Å². The van der Waals surface area contributed by atoms with Crippen molar-refractivity contribution >= 4 is 38.2 Å². The zero-order valence-electron chi connectivity index (χ0n) is 11.1. The molecule has 0 saturated heterocycles. The van der Waals surface area contributed by atoms with Gasteiger partial charge in [-0.05, 0) is 58.6 Å². The Morgan fingerprint density at radius 3 is 2.85 bits per heavy atom. The summed E-state index contributed by atoms with van der Waals surface area (Å²) < 4.78 is 1.17. The van der Waals surface area contributed by atoms with Crippen molar-refractivity contribution in [1.82, 2.24) is 4.98 Å². The van der Waals surface area contributed by atoms with Crippen molar-refractivity contribution in [2.24, 2.45) is 5.73 Å². The normalized spacial score (nSPS) is 12.8. The minimum absolute atomic E-state index is 0.0239. The van der Waals surface area contributed by atoms with E-state index in [1.165, 1.54) is 25.2 Å². The number of para-hydroxylation sites is 1. The first-order valence-corrected chi connectivity index (χ1v) is 8.10. The lowest BCUT2D eigenvalue weighted by molar-refractivity contribution is 0.739. The monoisotopic (exact) mass is 346 g/mol. The Kier molecular flexibility index (Phi) is 3.87. The average molecular weight is 347 g/mol. The van der Waals surface area contributed by atoms with Crippen molar-refractivity contribution in [2.75, 3.05) is 0 Å². The fraction of sp³-hybridized carbons (Fsp3) is 0.188. The lowest BCUT2D eigenvalue weighted by Crippen LogP contribution is -2.12. The molecular formula is C16H15BrN2S. The van der Waals surface area contributed by atoms with Crippen LogP contribution >= 0.6 is 27.3 Å². The van der Waals surface area contributed by atoms with E-state index < -0.39 is 0 Å². The molecule has 1 atom stereocenters. The largest absolute Gasteiger partial charge is 0.323 e. The second kappa shape index (κ2) is 5.64. The standard InChI is InChI=1S/C16H15BrN2S/c1-10-8-15(20-16(10)17)13(18)9-11-6-7-19-14-5-3-2-4-12(11)14/h2-8,13H,9,18H2,1H3. The number of hydrogen-bond acceptors (Lipinski definition) is 3. The van der Waals surface area contributed by atoms with Gasteiger partial charge in [0.05, 0.1) is 9.30 Å². The van der Waals surface area contributed by atoms with Crippen molar-refractivity contribution in [3.8, 4) is 0 Å². The van der Waals surface area contributed by atoms with Crippen LogP contribution in [0.2, 0.25) is 0 Å². The number of halogens is 1. The molecule has 0 aliphatic heterocycles. The molecule has 4 heteroatoms. The molecule has 3 rings (SSSR count). The number of pyridine rings is 1. The predicted octanol–water partition coefficient (Wildman–Crippen LogP) is 4.61. The van der Waals surface area contributed by atoms with Gasteiger partial charge in [-0.1, -0.05) is 18.2 Å². The van der Waals surface area contributed by atoms with Crippen molar-refractivity contribution in [2.45, 2.75) is 19.4 Å². The second-order valence-corrected chi connectivity index (χ2v) is 7.31. The molecule has 3 aromatic rings. The molecule has 2 nitrogen and oxygen atoms in total. The van der Waals surface area contributed by atoms with E-state index in [0.717, 1.165) is 11.9 Å². The summed E-state index contributed by atoms with van der Waals surface area (Å²) >= 11 is 5.29. The van der Waals surface area contributed by atoms with Crippen LogP contribution in [0.15, 0.2) is 46.4 Å². The Morgan fingerprint density at radius 2 is 2.10 bits per heavy atom. The lowest BCUT2D eigenvalue weighted by atomic mass is 10.0. The fourth-order valence-corrected chi connectivity index (χ4v) is 3.91. The molecule has 1 unspecified atom stereocenters. The van der Waals surface area contributed by atoms with E-state index in [0.29, 0.717) is 0 Å². The second-order valence-electron chi connectivity index (χ2n) is 4.90. The molecule has 0 bridgehead atoms. The summed E-state index contributed by atoms with van der Waals surface area (Å²) in [5.41, 5.74) is 9.90. The van der Waals surface area contributed by atoms with E-state index >= 15 is 0 Å². The van der Waals surface area contributed by atoms with Crippen LogP contribution in [0.3, 0.4) is 0 Å². The van der Waals surface area contributed by atoms with E-state index in [2.05, 4.69) is 46.0 Å².